The first-order valence-corrected chi connectivity index (χ1v) is 7.46. The second kappa shape index (κ2) is 5.96. The van der Waals surface area contributed by atoms with Crippen LogP contribution in [0, 0.1) is 0 Å². The highest BCUT2D eigenvalue weighted by Crippen LogP contribution is 2.27. The molecule has 0 aliphatic heterocycles. The lowest BCUT2D eigenvalue weighted by Crippen LogP contribution is -1.93. The van der Waals surface area contributed by atoms with Crippen LogP contribution in [-0.4, -0.2) is 16.6 Å². The molecule has 1 N–H and O–H groups in total. The number of benzene rings is 2. The Morgan fingerprint density at radius 2 is 1.81 bits per heavy atom. The van der Waals surface area contributed by atoms with Crippen molar-refractivity contribution in [1.82, 2.24) is 9.97 Å². The number of nitrogens with one attached hydrogen (secondary N) is 1. The Balaban J connectivity index is 1.84. The van der Waals surface area contributed by atoms with Crippen LogP contribution in [0.1, 0.15) is 18.3 Å². The molecule has 0 saturated carbocycles. The van der Waals surface area contributed by atoms with Gasteiger partial charge in [-0.25, -0.2) is 4.98 Å². The van der Waals surface area contributed by atoms with Crippen molar-refractivity contribution < 1.29 is 4.74 Å². The van der Waals surface area contributed by atoms with Crippen molar-refractivity contribution in [1.29, 1.82) is 0 Å². The largest absolute Gasteiger partial charge is 0.494 e. The molecule has 0 amide bonds. The van der Waals surface area contributed by atoms with Crippen LogP contribution in [0.5, 0.6) is 5.75 Å². The minimum atomic E-state index is 0.517. The van der Waals surface area contributed by atoms with E-state index in [-0.39, 0.29) is 0 Å². The first-order valence-electron chi connectivity index (χ1n) is 6.71. The van der Waals surface area contributed by atoms with Crippen LogP contribution >= 0.6 is 23.2 Å². The second-order valence-electron chi connectivity index (χ2n) is 4.72. The molecule has 0 spiro atoms. The van der Waals surface area contributed by atoms with Gasteiger partial charge in [-0.2, -0.15) is 0 Å². The number of hydrogen-bond acceptors (Lipinski definition) is 2. The lowest BCUT2D eigenvalue weighted by atomic mass is 10.1. The zero-order valence-corrected chi connectivity index (χ0v) is 13.0. The van der Waals surface area contributed by atoms with E-state index in [0.717, 1.165) is 34.6 Å². The Labute approximate surface area is 132 Å². The number of imidazole rings is 1. The fourth-order valence-corrected chi connectivity index (χ4v) is 2.53. The number of ether oxygens (including phenoxy) is 1. The molecular formula is C16H14Cl2N2O. The molecule has 0 fully saturated rings. The molecule has 0 aliphatic rings. The maximum Gasteiger partial charge on any atom is 0.119 e. The van der Waals surface area contributed by atoms with E-state index in [0.29, 0.717) is 16.7 Å². The summed E-state index contributed by atoms with van der Waals surface area (Å²) in [5.74, 6) is 1.76. The van der Waals surface area contributed by atoms with Crippen molar-refractivity contribution >= 4 is 34.2 Å². The number of nitrogens with zero attached hydrogens (tertiary/aromatic N) is 1. The van der Waals surface area contributed by atoms with Gasteiger partial charge < -0.3 is 9.72 Å². The molecule has 3 rings (SSSR count). The van der Waals surface area contributed by atoms with Gasteiger partial charge in [0.05, 0.1) is 27.7 Å². The Bertz CT molecular complexity index is 727. The molecule has 0 aliphatic carbocycles. The van der Waals surface area contributed by atoms with Gasteiger partial charge in [-0.3, -0.25) is 0 Å². The molecule has 0 unspecified atom stereocenters. The smallest absolute Gasteiger partial charge is 0.119 e. The van der Waals surface area contributed by atoms with Crippen LogP contribution in [-0.2, 0) is 6.42 Å². The fraction of sp³-hybridized carbons (Fsp3) is 0.188. The van der Waals surface area contributed by atoms with Crippen molar-refractivity contribution in [2.75, 3.05) is 6.61 Å². The van der Waals surface area contributed by atoms with Gasteiger partial charge in [0.2, 0.25) is 0 Å². The summed E-state index contributed by atoms with van der Waals surface area (Å²) >= 11 is 12.0. The minimum Gasteiger partial charge on any atom is -0.494 e. The monoisotopic (exact) mass is 320 g/mol. The number of rotatable bonds is 4. The molecule has 3 nitrogen and oxygen atoms in total. The van der Waals surface area contributed by atoms with E-state index in [1.807, 2.05) is 31.2 Å². The number of halogens is 2. The van der Waals surface area contributed by atoms with Crippen LogP contribution < -0.4 is 4.74 Å². The number of aromatic nitrogens is 2. The van der Waals surface area contributed by atoms with Crippen LogP contribution in [0.4, 0.5) is 0 Å². The van der Waals surface area contributed by atoms with Crippen LogP contribution in [0.2, 0.25) is 10.0 Å². The van der Waals surface area contributed by atoms with E-state index in [1.54, 1.807) is 12.1 Å². The second-order valence-corrected chi connectivity index (χ2v) is 5.54. The van der Waals surface area contributed by atoms with Crippen molar-refractivity contribution in [3.63, 3.8) is 0 Å². The SMILES string of the molecule is CCOc1ccc(Cc2nc3cc(Cl)c(Cl)cc3[nH]2)cc1. The fourth-order valence-electron chi connectivity index (χ4n) is 2.21. The summed E-state index contributed by atoms with van der Waals surface area (Å²) < 4.78 is 5.43. The van der Waals surface area contributed by atoms with Crippen molar-refractivity contribution in [2.24, 2.45) is 0 Å². The Morgan fingerprint density at radius 3 is 2.52 bits per heavy atom. The molecule has 3 aromatic rings. The van der Waals surface area contributed by atoms with E-state index < -0.39 is 0 Å². The maximum atomic E-state index is 6.01. The normalized spacial score (nSPS) is 11.0. The quantitative estimate of drug-likeness (QED) is 0.745. The lowest BCUT2D eigenvalue weighted by molar-refractivity contribution is 0.340. The highest BCUT2D eigenvalue weighted by atomic mass is 35.5. The topological polar surface area (TPSA) is 37.9 Å². The summed E-state index contributed by atoms with van der Waals surface area (Å²) in [5, 5.41) is 1.05. The third-order valence-electron chi connectivity index (χ3n) is 3.18. The van der Waals surface area contributed by atoms with E-state index in [9.17, 15) is 0 Å². The first-order chi connectivity index (χ1) is 10.2. The van der Waals surface area contributed by atoms with E-state index in [1.165, 1.54) is 0 Å². The highest BCUT2D eigenvalue weighted by Gasteiger charge is 2.07. The highest BCUT2D eigenvalue weighted by molar-refractivity contribution is 6.42. The van der Waals surface area contributed by atoms with Crippen molar-refractivity contribution in [3.8, 4) is 5.75 Å². The van der Waals surface area contributed by atoms with Crippen molar-refractivity contribution in [3.05, 3.63) is 57.8 Å². The van der Waals surface area contributed by atoms with Gasteiger partial charge in [0.25, 0.3) is 0 Å². The molecule has 1 heterocycles. The zero-order valence-electron chi connectivity index (χ0n) is 11.5. The zero-order chi connectivity index (χ0) is 14.8. The van der Waals surface area contributed by atoms with E-state index in [2.05, 4.69) is 9.97 Å². The molecule has 5 heteroatoms. The molecule has 0 bridgehead atoms. The summed E-state index contributed by atoms with van der Waals surface area (Å²) in [6, 6.07) is 11.6. The van der Waals surface area contributed by atoms with Crippen LogP contribution in [0.3, 0.4) is 0 Å². The third kappa shape index (κ3) is 3.14. The summed E-state index contributed by atoms with van der Waals surface area (Å²) in [6.45, 7) is 2.64. The predicted molar refractivity (Wildman–Crippen MR) is 86.5 cm³/mol. The Kier molecular flexibility index (Phi) is 4.04. The summed E-state index contributed by atoms with van der Waals surface area (Å²) in [6.07, 6.45) is 0.719. The van der Waals surface area contributed by atoms with Gasteiger partial charge in [0.15, 0.2) is 0 Å². The predicted octanol–water partition coefficient (Wildman–Crippen LogP) is 4.86. The molecule has 0 radical (unpaired) electrons. The summed E-state index contributed by atoms with van der Waals surface area (Å²) in [5.41, 5.74) is 2.88. The minimum absolute atomic E-state index is 0.517. The van der Waals surface area contributed by atoms with Gasteiger partial charge in [0.1, 0.15) is 11.6 Å². The number of hydrogen-bond donors (Lipinski definition) is 1. The van der Waals surface area contributed by atoms with E-state index >= 15 is 0 Å². The third-order valence-corrected chi connectivity index (χ3v) is 3.90. The van der Waals surface area contributed by atoms with Gasteiger partial charge in [-0.1, -0.05) is 35.3 Å². The standard InChI is InChI=1S/C16H14Cl2N2O/c1-2-21-11-5-3-10(4-6-11)7-16-19-14-8-12(17)13(18)9-15(14)20-16/h3-6,8-9H,2,7H2,1H3,(H,19,20). The molecule has 0 atom stereocenters. The van der Waals surface area contributed by atoms with Crippen LogP contribution in [0.15, 0.2) is 36.4 Å². The number of aromatic amines is 1. The molecular weight excluding hydrogens is 307 g/mol. The Morgan fingerprint density at radius 1 is 1.10 bits per heavy atom. The molecule has 108 valence electrons. The molecule has 0 saturated heterocycles. The average molecular weight is 321 g/mol. The first kappa shape index (κ1) is 14.2. The summed E-state index contributed by atoms with van der Waals surface area (Å²) in [7, 11) is 0. The van der Waals surface area contributed by atoms with Gasteiger partial charge in [-0.05, 0) is 36.8 Å². The van der Waals surface area contributed by atoms with Gasteiger partial charge in [-0.15, -0.1) is 0 Å². The Hall–Kier alpha value is -1.71. The van der Waals surface area contributed by atoms with Crippen LogP contribution in [0.25, 0.3) is 11.0 Å². The van der Waals surface area contributed by atoms with Gasteiger partial charge in [0, 0.05) is 6.42 Å². The lowest BCUT2D eigenvalue weighted by Gasteiger charge is -2.03. The molecule has 1 aromatic heterocycles. The molecule has 21 heavy (non-hydrogen) atoms. The number of H-pyrrole nitrogens is 1. The average Bonchev–Trinajstić information content (AvgIpc) is 2.83. The molecule has 2 aromatic carbocycles. The van der Waals surface area contributed by atoms with E-state index in [4.69, 9.17) is 27.9 Å². The maximum absolute atomic E-state index is 6.01. The van der Waals surface area contributed by atoms with Gasteiger partial charge >= 0.3 is 0 Å². The summed E-state index contributed by atoms with van der Waals surface area (Å²) in [4.78, 5) is 7.81. The van der Waals surface area contributed by atoms with Crippen molar-refractivity contribution in [2.45, 2.75) is 13.3 Å². The number of fused-ring (bicyclic) bond motifs is 1.